The second-order valence-corrected chi connectivity index (χ2v) is 15.2. The summed E-state index contributed by atoms with van der Waals surface area (Å²) in [7, 11) is 0. The minimum Gasteiger partial charge on any atom is -0.508 e. The molecule has 0 aromatic heterocycles. The average molecular weight is 793 g/mol. The fraction of sp³-hybridized carbons (Fsp3) is 0.535. The first-order chi connectivity index (χ1) is 27.0. The SMILES string of the molecule is CCCC(=O)/C=C/C=C(\C)[C@@H]1C/C=C/C=C/[C@H](O)[C@H](C)[C@@H](O)[C@@H](CCC(C)=O)C(=O)N[C@@H](C(C)C)C(=O)NC(c2cccc(O)c2)C(=O)N2CCCC(N2)C(=O)O1. The minimum absolute atomic E-state index is 0.0303. The molecule has 0 spiro atoms. The lowest BCUT2D eigenvalue weighted by atomic mass is 9.84. The van der Waals surface area contributed by atoms with Gasteiger partial charge in [0, 0.05) is 31.7 Å². The highest BCUT2D eigenvalue weighted by Crippen LogP contribution is 2.26. The molecule has 2 unspecified atom stereocenters. The summed E-state index contributed by atoms with van der Waals surface area (Å²) in [4.78, 5) is 80.0. The van der Waals surface area contributed by atoms with Crippen molar-refractivity contribution in [2.75, 3.05) is 6.54 Å². The van der Waals surface area contributed by atoms with E-state index in [4.69, 9.17) is 4.74 Å². The van der Waals surface area contributed by atoms with Gasteiger partial charge in [-0.15, -0.1) is 0 Å². The molecule has 57 heavy (non-hydrogen) atoms. The summed E-state index contributed by atoms with van der Waals surface area (Å²) in [6, 6.07) is 2.31. The molecule has 0 saturated carbocycles. The molecule has 312 valence electrons. The van der Waals surface area contributed by atoms with Crippen LogP contribution in [-0.4, -0.2) is 92.5 Å². The summed E-state index contributed by atoms with van der Waals surface area (Å²) in [5, 5.41) is 39.5. The van der Waals surface area contributed by atoms with Crippen molar-refractivity contribution in [3.8, 4) is 5.75 Å². The van der Waals surface area contributed by atoms with Crippen LogP contribution >= 0.6 is 0 Å². The van der Waals surface area contributed by atoms with Crippen molar-refractivity contribution < 1.29 is 48.8 Å². The van der Waals surface area contributed by atoms with Gasteiger partial charge in [0.15, 0.2) is 5.78 Å². The summed E-state index contributed by atoms with van der Waals surface area (Å²) < 4.78 is 6.00. The molecule has 14 nitrogen and oxygen atoms in total. The molecular formula is C43H60N4O10. The van der Waals surface area contributed by atoms with Crippen LogP contribution in [0.5, 0.6) is 5.75 Å². The zero-order valence-corrected chi connectivity index (χ0v) is 33.9. The Morgan fingerprint density at radius 2 is 1.77 bits per heavy atom. The minimum atomic E-state index is -1.42. The number of phenols is 1. The van der Waals surface area contributed by atoms with Crippen molar-refractivity contribution >= 4 is 35.3 Å². The first-order valence-corrected chi connectivity index (χ1v) is 19.8. The topological polar surface area (TPSA) is 212 Å². The number of hydrogen-bond donors (Lipinski definition) is 6. The number of amides is 3. The van der Waals surface area contributed by atoms with Crippen LogP contribution in [0.15, 0.2) is 72.4 Å². The molecule has 3 amide bonds. The van der Waals surface area contributed by atoms with Gasteiger partial charge < -0.3 is 35.5 Å². The van der Waals surface area contributed by atoms with Gasteiger partial charge in [-0.2, -0.15) is 0 Å². The van der Waals surface area contributed by atoms with Crippen molar-refractivity contribution in [2.45, 2.75) is 123 Å². The third kappa shape index (κ3) is 14.2. The van der Waals surface area contributed by atoms with Crippen LogP contribution in [-0.2, 0) is 33.5 Å². The van der Waals surface area contributed by atoms with E-state index >= 15 is 0 Å². The van der Waals surface area contributed by atoms with E-state index in [-0.39, 0.29) is 48.7 Å². The van der Waals surface area contributed by atoms with Crippen molar-refractivity contribution in [3.63, 3.8) is 0 Å². The number of carbonyl (C=O) groups is 6. The van der Waals surface area contributed by atoms with Gasteiger partial charge in [-0.25, -0.2) is 5.43 Å². The molecule has 1 aromatic rings. The Morgan fingerprint density at radius 3 is 2.44 bits per heavy atom. The molecule has 1 aromatic carbocycles. The number of ether oxygens (including phenoxy) is 1. The molecule has 2 bridgehead atoms. The Balaban J connectivity index is 2.09. The number of carbonyl (C=O) groups excluding carboxylic acids is 6. The number of aliphatic hydroxyl groups is 2. The van der Waals surface area contributed by atoms with E-state index < -0.39 is 77.9 Å². The number of fused-ring (bicyclic) bond motifs is 2. The molecule has 1 fully saturated rings. The number of hydrogen-bond acceptors (Lipinski definition) is 11. The van der Waals surface area contributed by atoms with Crippen molar-refractivity contribution in [1.82, 2.24) is 21.1 Å². The monoisotopic (exact) mass is 792 g/mol. The number of aliphatic hydroxyl groups excluding tert-OH is 2. The van der Waals surface area contributed by atoms with Crippen LogP contribution in [0, 0.1) is 17.8 Å². The number of nitrogens with one attached hydrogen (secondary N) is 3. The number of aromatic hydroxyl groups is 1. The van der Waals surface area contributed by atoms with Crippen LogP contribution < -0.4 is 16.1 Å². The highest BCUT2D eigenvalue weighted by molar-refractivity contribution is 5.93. The summed E-state index contributed by atoms with van der Waals surface area (Å²) >= 11 is 0. The van der Waals surface area contributed by atoms with Crippen molar-refractivity contribution in [1.29, 1.82) is 0 Å². The predicted molar refractivity (Wildman–Crippen MR) is 214 cm³/mol. The standard InChI is InChI=1S/C43H60N4O10/c1-7-14-31(49)17-11-15-27(4)36-21-10-8-9-20-35(51)29(6)39(52)33(23-22-28(5)48)40(53)44-37(26(2)3)41(54)45-38(30-16-12-18-32(50)25-30)42(55)47-24-13-19-34(46-47)43(56)57-36/h8-12,15-18,20,25-26,29,33-39,46,50-52H,7,13-14,19,21-24H2,1-6H3,(H,44,53)(H,45,54)/b10-8+,17-11+,20-9+,27-15+/t29-,33+,34?,35-,36-,37-,38?,39+/m0/s1. The summed E-state index contributed by atoms with van der Waals surface area (Å²) in [5.41, 5.74) is 3.86. The largest absolute Gasteiger partial charge is 0.508 e. The van der Waals surface area contributed by atoms with E-state index in [2.05, 4.69) is 16.1 Å². The van der Waals surface area contributed by atoms with Gasteiger partial charge in [-0.1, -0.05) is 76.3 Å². The van der Waals surface area contributed by atoms with Gasteiger partial charge in [0.25, 0.3) is 5.91 Å². The number of hydrazine groups is 1. The maximum absolute atomic E-state index is 14.3. The number of benzene rings is 1. The normalized spacial score (nSPS) is 28.8. The van der Waals surface area contributed by atoms with Crippen molar-refractivity contribution in [2.24, 2.45) is 17.8 Å². The Hall–Kier alpha value is -4.92. The number of cyclic esters (lactones) is 1. The quantitative estimate of drug-likeness (QED) is 0.114. The number of esters is 1. The van der Waals surface area contributed by atoms with Crippen LogP contribution in [0.3, 0.4) is 0 Å². The summed E-state index contributed by atoms with van der Waals surface area (Å²) in [6.45, 7) is 10.2. The Kier molecular flexibility index (Phi) is 18.5. The predicted octanol–water partition coefficient (Wildman–Crippen LogP) is 3.83. The van der Waals surface area contributed by atoms with Gasteiger partial charge in [0.05, 0.1) is 18.1 Å². The molecule has 3 rings (SSSR count). The van der Waals surface area contributed by atoms with Gasteiger partial charge >= 0.3 is 5.97 Å². The molecule has 0 aliphatic carbocycles. The van der Waals surface area contributed by atoms with Crippen LogP contribution in [0.2, 0.25) is 0 Å². The number of Topliss-reactive ketones (excluding diaryl/α,β-unsaturated/α-hetero) is 1. The third-order valence-electron chi connectivity index (χ3n) is 10.2. The van der Waals surface area contributed by atoms with E-state index in [9.17, 15) is 44.1 Å². The maximum atomic E-state index is 14.3. The smallest absolute Gasteiger partial charge is 0.325 e. The molecule has 2 heterocycles. The lowest BCUT2D eigenvalue weighted by Crippen LogP contribution is -2.59. The number of phenolic OH excluding ortho intramolecular Hbond substituents is 1. The van der Waals surface area contributed by atoms with Gasteiger partial charge in [-0.3, -0.25) is 29.0 Å². The first kappa shape index (κ1) is 46.5. The lowest BCUT2D eigenvalue weighted by Gasteiger charge is -2.36. The highest BCUT2D eigenvalue weighted by atomic mass is 16.5. The van der Waals surface area contributed by atoms with E-state index in [1.165, 1.54) is 42.3 Å². The number of rotatable bonds is 10. The third-order valence-corrected chi connectivity index (χ3v) is 10.2. The fourth-order valence-electron chi connectivity index (χ4n) is 6.60. The number of nitrogens with zero attached hydrogens (tertiary/aromatic N) is 1. The first-order valence-electron chi connectivity index (χ1n) is 19.8. The average Bonchev–Trinajstić information content (AvgIpc) is 3.17. The second-order valence-electron chi connectivity index (χ2n) is 15.2. The van der Waals surface area contributed by atoms with Gasteiger partial charge in [0.1, 0.15) is 35.8 Å². The Bertz CT molecular complexity index is 1700. The van der Waals surface area contributed by atoms with Gasteiger partial charge in [-0.05, 0) is 74.8 Å². The van der Waals surface area contributed by atoms with E-state index in [0.29, 0.717) is 31.3 Å². The molecular weight excluding hydrogens is 732 g/mol. The Labute approximate surface area is 335 Å². The fourth-order valence-corrected chi connectivity index (χ4v) is 6.60. The molecule has 0 radical (unpaired) electrons. The molecule has 8 atom stereocenters. The maximum Gasteiger partial charge on any atom is 0.325 e. The van der Waals surface area contributed by atoms with Crippen LogP contribution in [0.4, 0.5) is 0 Å². The van der Waals surface area contributed by atoms with E-state index in [1.807, 2.05) is 6.92 Å². The second kappa shape index (κ2) is 22.7. The lowest BCUT2D eigenvalue weighted by molar-refractivity contribution is -0.156. The number of allylic oxidation sites excluding steroid dienone is 5. The summed E-state index contributed by atoms with van der Waals surface area (Å²) in [5.74, 6) is -5.66. The molecule has 14 heteroatoms. The number of ketones is 2. The molecule has 2 aliphatic rings. The van der Waals surface area contributed by atoms with Gasteiger partial charge in [0.2, 0.25) is 11.8 Å². The molecule has 6 N–H and O–H groups in total. The molecule has 1 saturated heterocycles. The van der Waals surface area contributed by atoms with Crippen LogP contribution in [0.25, 0.3) is 0 Å². The van der Waals surface area contributed by atoms with Crippen molar-refractivity contribution in [3.05, 3.63) is 77.9 Å². The molecule has 2 aliphatic heterocycles. The van der Waals surface area contributed by atoms with Crippen LogP contribution in [0.1, 0.15) is 98.1 Å². The highest BCUT2D eigenvalue weighted by Gasteiger charge is 2.39. The van der Waals surface area contributed by atoms with E-state index in [0.717, 1.165) is 0 Å². The zero-order chi connectivity index (χ0) is 42.2. The summed E-state index contributed by atoms with van der Waals surface area (Å²) in [6.07, 6.45) is 9.79. The Morgan fingerprint density at radius 1 is 1.04 bits per heavy atom. The zero-order valence-electron chi connectivity index (χ0n) is 33.9. The van der Waals surface area contributed by atoms with E-state index in [1.54, 1.807) is 64.1 Å².